The number of carbonyl (C=O) groups excluding carboxylic acids is 3. The molecule has 0 unspecified atom stereocenters. The van der Waals surface area contributed by atoms with Gasteiger partial charge in [-0.15, -0.1) is 10.2 Å². The Morgan fingerprint density at radius 3 is 2.74 bits per heavy atom. The first kappa shape index (κ1) is 23.0. The number of benzene rings is 1. The molecule has 3 rings (SSSR count). The van der Waals surface area contributed by atoms with Gasteiger partial charge in [0.2, 0.25) is 5.01 Å². The number of esters is 1. The lowest BCUT2D eigenvalue weighted by Crippen LogP contribution is -2.49. The number of aromatic nitrogens is 2. The standard InChI is InChI=1S/C20H24ClN5O4S/c1-3-30-19(28)12(2)22-20(29)26-10-4-5-13(11-26)17-24-25-18(31-17)16(27)23-15-8-6-14(21)7-9-15/h6-9,12-13H,3-5,10-11H2,1-2H3,(H,22,29)(H,23,27)/t12-,13-/m0/s1. The largest absolute Gasteiger partial charge is 0.464 e. The van der Waals surface area contributed by atoms with Gasteiger partial charge in [0.1, 0.15) is 11.0 Å². The molecule has 0 aliphatic carbocycles. The second kappa shape index (κ2) is 10.5. The summed E-state index contributed by atoms with van der Waals surface area (Å²) in [5.74, 6) is -0.836. The number of carbonyl (C=O) groups is 3. The molecule has 2 aromatic rings. The van der Waals surface area contributed by atoms with Crippen molar-refractivity contribution >= 4 is 46.5 Å². The summed E-state index contributed by atoms with van der Waals surface area (Å²) in [4.78, 5) is 38.4. The molecule has 2 atom stereocenters. The van der Waals surface area contributed by atoms with Crippen molar-refractivity contribution in [2.45, 2.75) is 38.6 Å². The van der Waals surface area contributed by atoms with Crippen molar-refractivity contribution in [3.63, 3.8) is 0 Å². The summed E-state index contributed by atoms with van der Waals surface area (Å²) in [6.07, 6.45) is 1.63. The van der Waals surface area contributed by atoms with Gasteiger partial charge in [0, 0.05) is 29.7 Å². The van der Waals surface area contributed by atoms with Gasteiger partial charge >= 0.3 is 12.0 Å². The maximum Gasteiger partial charge on any atom is 0.328 e. The van der Waals surface area contributed by atoms with Gasteiger partial charge in [-0.3, -0.25) is 4.79 Å². The Balaban J connectivity index is 1.58. The van der Waals surface area contributed by atoms with E-state index in [1.807, 2.05) is 0 Å². The number of hydrogen-bond donors (Lipinski definition) is 2. The number of nitrogens with zero attached hydrogens (tertiary/aromatic N) is 3. The molecule has 0 radical (unpaired) electrons. The van der Waals surface area contributed by atoms with Crippen LogP contribution in [-0.2, 0) is 9.53 Å². The minimum atomic E-state index is -0.725. The van der Waals surface area contributed by atoms with Gasteiger partial charge in [0.05, 0.1) is 6.61 Å². The predicted molar refractivity (Wildman–Crippen MR) is 117 cm³/mol. The van der Waals surface area contributed by atoms with Crippen LogP contribution >= 0.6 is 22.9 Å². The van der Waals surface area contributed by atoms with Gasteiger partial charge in [-0.25, -0.2) is 9.59 Å². The smallest absolute Gasteiger partial charge is 0.328 e. The predicted octanol–water partition coefficient (Wildman–Crippen LogP) is 3.28. The van der Waals surface area contributed by atoms with Crippen LogP contribution in [0.15, 0.2) is 24.3 Å². The van der Waals surface area contributed by atoms with Gasteiger partial charge < -0.3 is 20.3 Å². The number of halogens is 1. The number of piperidine rings is 1. The zero-order valence-electron chi connectivity index (χ0n) is 17.3. The lowest BCUT2D eigenvalue weighted by Gasteiger charge is -2.32. The third-order valence-electron chi connectivity index (χ3n) is 4.77. The van der Waals surface area contributed by atoms with Crippen molar-refractivity contribution < 1.29 is 19.1 Å². The van der Waals surface area contributed by atoms with E-state index in [1.54, 1.807) is 43.0 Å². The second-order valence-electron chi connectivity index (χ2n) is 7.11. The first-order chi connectivity index (χ1) is 14.9. The van der Waals surface area contributed by atoms with Gasteiger partial charge in [0.15, 0.2) is 0 Å². The number of urea groups is 1. The summed E-state index contributed by atoms with van der Waals surface area (Å²) < 4.78 is 4.92. The Kier molecular flexibility index (Phi) is 7.80. The van der Waals surface area contributed by atoms with E-state index in [-0.39, 0.29) is 29.5 Å². The minimum absolute atomic E-state index is 0.0213. The van der Waals surface area contributed by atoms with E-state index in [2.05, 4.69) is 20.8 Å². The fourth-order valence-electron chi connectivity index (χ4n) is 3.17. The fraction of sp³-hybridized carbons (Fsp3) is 0.450. The average Bonchev–Trinajstić information content (AvgIpc) is 3.26. The van der Waals surface area contributed by atoms with Crippen molar-refractivity contribution in [3.05, 3.63) is 39.3 Å². The zero-order chi connectivity index (χ0) is 22.4. The van der Waals surface area contributed by atoms with Crippen molar-refractivity contribution in [2.24, 2.45) is 0 Å². The van der Waals surface area contributed by atoms with Gasteiger partial charge in [-0.2, -0.15) is 0 Å². The number of amides is 3. The topological polar surface area (TPSA) is 114 Å². The molecule has 1 aliphatic rings. The monoisotopic (exact) mass is 465 g/mol. The van der Waals surface area contributed by atoms with Crippen molar-refractivity contribution in [3.8, 4) is 0 Å². The Morgan fingerprint density at radius 2 is 2.03 bits per heavy atom. The third-order valence-corrected chi connectivity index (χ3v) is 6.11. The normalized spacial score (nSPS) is 17.0. The number of hydrogen-bond acceptors (Lipinski definition) is 7. The molecular formula is C20H24ClN5O4S. The molecular weight excluding hydrogens is 442 g/mol. The lowest BCUT2D eigenvalue weighted by atomic mass is 9.99. The molecule has 1 aliphatic heterocycles. The molecule has 1 saturated heterocycles. The van der Waals surface area contributed by atoms with Crippen LogP contribution in [0.2, 0.25) is 5.02 Å². The van der Waals surface area contributed by atoms with E-state index < -0.39 is 12.0 Å². The Morgan fingerprint density at radius 1 is 1.29 bits per heavy atom. The molecule has 31 heavy (non-hydrogen) atoms. The first-order valence-corrected chi connectivity index (χ1v) is 11.2. The van der Waals surface area contributed by atoms with E-state index in [1.165, 1.54) is 11.3 Å². The summed E-state index contributed by atoms with van der Waals surface area (Å²) in [6, 6.07) is 5.74. The molecule has 1 fully saturated rings. The molecule has 166 valence electrons. The highest BCUT2D eigenvalue weighted by Gasteiger charge is 2.29. The molecule has 0 spiro atoms. The maximum absolute atomic E-state index is 12.5. The van der Waals surface area contributed by atoms with E-state index in [9.17, 15) is 14.4 Å². The molecule has 3 amide bonds. The molecule has 1 aromatic heterocycles. The van der Waals surface area contributed by atoms with Gasteiger partial charge in [-0.05, 0) is 51.0 Å². The average molecular weight is 466 g/mol. The van der Waals surface area contributed by atoms with Crippen LogP contribution in [-0.4, -0.2) is 58.7 Å². The number of nitrogens with one attached hydrogen (secondary N) is 2. The summed E-state index contributed by atoms with van der Waals surface area (Å²) in [7, 11) is 0. The Labute approximate surface area is 189 Å². The SMILES string of the molecule is CCOC(=O)[C@H](C)NC(=O)N1CCC[C@H](c2nnc(C(=O)Nc3ccc(Cl)cc3)s2)C1. The number of ether oxygens (including phenoxy) is 1. The summed E-state index contributed by atoms with van der Waals surface area (Å²) in [5.41, 5.74) is 0.613. The molecule has 2 heterocycles. The molecule has 0 bridgehead atoms. The quantitative estimate of drug-likeness (QED) is 0.633. The number of anilines is 1. The van der Waals surface area contributed by atoms with E-state index in [4.69, 9.17) is 16.3 Å². The van der Waals surface area contributed by atoms with Crippen LogP contribution in [0.4, 0.5) is 10.5 Å². The fourth-order valence-corrected chi connectivity index (χ4v) is 4.17. The number of likely N-dealkylation sites (tertiary alicyclic amines) is 1. The van der Waals surface area contributed by atoms with Crippen molar-refractivity contribution in [1.29, 1.82) is 0 Å². The van der Waals surface area contributed by atoms with E-state index in [0.717, 1.165) is 12.8 Å². The molecule has 1 aromatic carbocycles. The third kappa shape index (κ3) is 6.14. The first-order valence-electron chi connectivity index (χ1n) is 9.99. The highest BCUT2D eigenvalue weighted by molar-refractivity contribution is 7.13. The van der Waals surface area contributed by atoms with Crippen molar-refractivity contribution in [2.75, 3.05) is 25.0 Å². The maximum atomic E-state index is 12.5. The molecule has 9 nitrogen and oxygen atoms in total. The Hall–Kier alpha value is -2.72. The zero-order valence-corrected chi connectivity index (χ0v) is 18.8. The van der Waals surface area contributed by atoms with E-state index >= 15 is 0 Å². The van der Waals surface area contributed by atoms with Gasteiger partial charge in [-0.1, -0.05) is 22.9 Å². The van der Waals surface area contributed by atoms with Crippen LogP contribution in [0.25, 0.3) is 0 Å². The van der Waals surface area contributed by atoms with Crippen molar-refractivity contribution in [1.82, 2.24) is 20.4 Å². The van der Waals surface area contributed by atoms with Crippen LogP contribution in [0.1, 0.15) is 47.4 Å². The molecule has 0 saturated carbocycles. The summed E-state index contributed by atoms with van der Waals surface area (Å²) in [5, 5.41) is 15.2. The minimum Gasteiger partial charge on any atom is -0.464 e. The van der Waals surface area contributed by atoms with Crippen LogP contribution in [0.5, 0.6) is 0 Å². The second-order valence-corrected chi connectivity index (χ2v) is 8.56. The molecule has 2 N–H and O–H groups in total. The van der Waals surface area contributed by atoms with Crippen LogP contribution in [0.3, 0.4) is 0 Å². The van der Waals surface area contributed by atoms with Gasteiger partial charge in [0.25, 0.3) is 5.91 Å². The van der Waals surface area contributed by atoms with Crippen LogP contribution in [0, 0.1) is 0 Å². The highest BCUT2D eigenvalue weighted by Crippen LogP contribution is 2.29. The number of rotatable bonds is 6. The summed E-state index contributed by atoms with van der Waals surface area (Å²) in [6.45, 7) is 4.59. The summed E-state index contributed by atoms with van der Waals surface area (Å²) >= 11 is 7.07. The van der Waals surface area contributed by atoms with Crippen LogP contribution < -0.4 is 10.6 Å². The molecule has 11 heteroatoms. The lowest BCUT2D eigenvalue weighted by molar-refractivity contribution is -0.144. The van der Waals surface area contributed by atoms with E-state index in [0.29, 0.717) is 28.8 Å². The highest BCUT2D eigenvalue weighted by atomic mass is 35.5. The Bertz CT molecular complexity index is 936.